The van der Waals surface area contributed by atoms with Gasteiger partial charge in [-0.2, -0.15) is 0 Å². The van der Waals surface area contributed by atoms with E-state index in [2.05, 4.69) is 27.7 Å². The Balaban J connectivity index is 2.55. The van der Waals surface area contributed by atoms with Gasteiger partial charge >= 0.3 is 7.12 Å². The molecule has 1 aliphatic rings. The van der Waals surface area contributed by atoms with Crippen LogP contribution in [0.25, 0.3) is 0 Å². The van der Waals surface area contributed by atoms with Crippen molar-refractivity contribution in [1.82, 2.24) is 0 Å². The Morgan fingerprint density at radius 2 is 1.50 bits per heavy atom. The number of hydrogen-bond acceptors (Lipinski definition) is 2. The molecule has 0 N–H and O–H groups in total. The molecule has 0 spiro atoms. The average Bonchev–Trinajstić information content (AvgIpc) is 2.81. The molecule has 1 aliphatic heterocycles. The quantitative estimate of drug-likeness (QED) is 0.773. The Morgan fingerprint density at radius 1 is 0.944 bits per heavy atom. The van der Waals surface area contributed by atoms with E-state index in [1.165, 1.54) is 11.1 Å². The lowest BCUT2D eigenvalue weighted by Crippen LogP contribution is -2.36. The maximum Gasteiger partial charge on any atom is 0.632 e. The summed E-state index contributed by atoms with van der Waals surface area (Å²) in [6, 6.07) is 3.93. The average molecular weight is 265 g/mol. The van der Waals surface area contributed by atoms with Crippen LogP contribution in [0.3, 0.4) is 0 Å². The third-order valence-corrected chi connectivity index (χ3v) is 3.47. The lowest BCUT2D eigenvalue weighted by Gasteiger charge is -2.22. The van der Waals surface area contributed by atoms with E-state index in [0.717, 1.165) is 10.5 Å². The van der Waals surface area contributed by atoms with E-state index in [-0.39, 0.29) is 7.12 Å². The fourth-order valence-corrected chi connectivity index (χ4v) is 2.83. The molecular weight excluding hydrogens is 246 g/mol. The smallest absolute Gasteiger partial charge is 0.525 e. The van der Waals surface area contributed by atoms with Gasteiger partial charge < -0.3 is 9.31 Å². The molecule has 0 saturated carbocycles. The molecule has 18 heavy (non-hydrogen) atoms. The highest BCUT2D eigenvalue weighted by Crippen LogP contribution is 2.31. The largest absolute Gasteiger partial charge is 0.632 e. The summed E-state index contributed by atoms with van der Waals surface area (Å²) in [5.74, 6) is 0.758. The molecule has 96 valence electrons. The van der Waals surface area contributed by atoms with Crippen LogP contribution in [-0.2, 0) is 9.31 Å². The first-order valence-corrected chi connectivity index (χ1v) is 6.68. The predicted octanol–water partition coefficient (Wildman–Crippen LogP) is 3.80. The molecule has 0 atom stereocenters. The Hall–Kier alpha value is -1.09. The first-order chi connectivity index (χ1) is 8.52. The van der Waals surface area contributed by atoms with Gasteiger partial charge in [-0.1, -0.05) is 45.4 Å². The number of halogens is 1. The van der Waals surface area contributed by atoms with Crippen LogP contribution in [0.4, 0.5) is 0 Å². The van der Waals surface area contributed by atoms with Crippen molar-refractivity contribution in [3.8, 4) is 0 Å². The van der Waals surface area contributed by atoms with Crippen molar-refractivity contribution in [3.05, 3.63) is 40.8 Å². The van der Waals surface area contributed by atoms with Gasteiger partial charge in [-0.3, -0.25) is 0 Å². The molecule has 2 nitrogen and oxygen atoms in total. The topological polar surface area (TPSA) is 18.5 Å². The molecule has 0 bridgehead atoms. The molecule has 0 fully saturated rings. The van der Waals surface area contributed by atoms with Crippen molar-refractivity contribution >= 4 is 24.2 Å². The Bertz CT molecular complexity index is 461. The van der Waals surface area contributed by atoms with E-state index in [0.29, 0.717) is 11.8 Å². The standard InChI is InChI=1S/C14H18BClO2/c1-9(2)13-11(15-17-7-8-18-15)5-6-12(16)14(13)10(3)4/h5-10H,1-4H3. The third-order valence-electron chi connectivity index (χ3n) is 3.14. The van der Waals surface area contributed by atoms with Gasteiger partial charge in [0.25, 0.3) is 0 Å². The highest BCUT2D eigenvalue weighted by atomic mass is 35.5. The number of rotatable bonds is 3. The van der Waals surface area contributed by atoms with E-state index < -0.39 is 0 Å². The normalized spacial score (nSPS) is 14.3. The zero-order valence-corrected chi connectivity index (χ0v) is 12.0. The van der Waals surface area contributed by atoms with Gasteiger partial charge in [0.05, 0.1) is 12.5 Å². The summed E-state index contributed by atoms with van der Waals surface area (Å²) in [5, 5.41) is 0.823. The van der Waals surface area contributed by atoms with Crippen LogP contribution in [0.5, 0.6) is 0 Å². The van der Waals surface area contributed by atoms with Gasteiger partial charge in [0.1, 0.15) is 0 Å². The molecule has 4 heteroatoms. The fourth-order valence-electron chi connectivity index (χ4n) is 2.45. The van der Waals surface area contributed by atoms with Crippen molar-refractivity contribution in [2.24, 2.45) is 0 Å². The fraction of sp³-hybridized carbons (Fsp3) is 0.429. The Kier molecular flexibility index (Phi) is 3.91. The second-order valence-electron chi connectivity index (χ2n) is 5.15. The van der Waals surface area contributed by atoms with Crippen LogP contribution in [0.15, 0.2) is 24.7 Å². The van der Waals surface area contributed by atoms with E-state index >= 15 is 0 Å². The first-order valence-electron chi connectivity index (χ1n) is 6.30. The van der Waals surface area contributed by atoms with Gasteiger partial charge in [0.2, 0.25) is 0 Å². The highest BCUT2D eigenvalue weighted by molar-refractivity contribution is 6.62. The zero-order valence-electron chi connectivity index (χ0n) is 11.2. The molecule has 0 aliphatic carbocycles. The van der Waals surface area contributed by atoms with Crippen LogP contribution in [0.1, 0.15) is 50.7 Å². The summed E-state index contributed by atoms with van der Waals surface area (Å²) in [6.07, 6.45) is 3.16. The maximum absolute atomic E-state index is 6.35. The lowest BCUT2D eigenvalue weighted by molar-refractivity contribution is 0.422. The van der Waals surface area contributed by atoms with Crippen LogP contribution in [0.2, 0.25) is 5.02 Å². The molecular formula is C14H18BClO2. The van der Waals surface area contributed by atoms with Gasteiger partial charge in [0, 0.05) is 10.5 Å². The molecule has 1 heterocycles. The van der Waals surface area contributed by atoms with Crippen molar-refractivity contribution < 1.29 is 9.31 Å². The summed E-state index contributed by atoms with van der Waals surface area (Å²) in [7, 11) is -0.336. The van der Waals surface area contributed by atoms with Crippen molar-refractivity contribution in [1.29, 1.82) is 0 Å². The Labute approximate surface area is 114 Å². The Morgan fingerprint density at radius 3 is 2.00 bits per heavy atom. The van der Waals surface area contributed by atoms with Crippen molar-refractivity contribution in [3.63, 3.8) is 0 Å². The molecule has 1 aromatic carbocycles. The first kappa shape index (κ1) is 13.3. The summed E-state index contributed by atoms with van der Waals surface area (Å²) < 4.78 is 10.9. The number of benzene rings is 1. The predicted molar refractivity (Wildman–Crippen MR) is 76.3 cm³/mol. The van der Waals surface area contributed by atoms with Crippen molar-refractivity contribution in [2.45, 2.75) is 39.5 Å². The summed E-state index contributed by atoms with van der Waals surface area (Å²) in [6.45, 7) is 8.66. The molecule has 0 unspecified atom stereocenters. The van der Waals surface area contributed by atoms with E-state index in [1.54, 1.807) is 12.5 Å². The minimum Gasteiger partial charge on any atom is -0.525 e. The van der Waals surface area contributed by atoms with Gasteiger partial charge in [-0.25, -0.2) is 0 Å². The summed E-state index contributed by atoms with van der Waals surface area (Å²) >= 11 is 6.35. The molecule has 1 aromatic rings. The van der Waals surface area contributed by atoms with Gasteiger partial charge in [0.15, 0.2) is 0 Å². The van der Waals surface area contributed by atoms with Crippen LogP contribution in [-0.4, -0.2) is 7.12 Å². The summed E-state index contributed by atoms with van der Waals surface area (Å²) in [5.41, 5.74) is 3.51. The second-order valence-corrected chi connectivity index (χ2v) is 5.56. The minimum absolute atomic E-state index is 0.336. The minimum atomic E-state index is -0.336. The van der Waals surface area contributed by atoms with Crippen LogP contribution in [0, 0.1) is 0 Å². The molecule has 0 saturated heterocycles. The van der Waals surface area contributed by atoms with Gasteiger partial charge in [-0.15, -0.1) is 0 Å². The zero-order chi connectivity index (χ0) is 13.3. The van der Waals surface area contributed by atoms with E-state index in [1.807, 2.05) is 12.1 Å². The molecule has 0 aromatic heterocycles. The maximum atomic E-state index is 6.35. The second kappa shape index (κ2) is 5.27. The van der Waals surface area contributed by atoms with Crippen LogP contribution < -0.4 is 5.46 Å². The molecule has 0 amide bonds. The van der Waals surface area contributed by atoms with E-state index in [9.17, 15) is 0 Å². The summed E-state index contributed by atoms with van der Waals surface area (Å²) in [4.78, 5) is 0. The van der Waals surface area contributed by atoms with Crippen molar-refractivity contribution in [2.75, 3.05) is 0 Å². The monoisotopic (exact) mass is 264 g/mol. The third kappa shape index (κ3) is 2.37. The molecule has 2 rings (SSSR count). The SMILES string of the molecule is CC(C)c1c(Cl)ccc(B2OC=CO2)c1C(C)C. The van der Waals surface area contributed by atoms with Crippen LogP contribution >= 0.6 is 11.6 Å². The van der Waals surface area contributed by atoms with E-state index in [4.69, 9.17) is 20.9 Å². The van der Waals surface area contributed by atoms with Gasteiger partial charge in [-0.05, 0) is 29.0 Å². The highest BCUT2D eigenvalue weighted by Gasteiger charge is 2.32. The number of hydrogen-bond donors (Lipinski definition) is 0. The molecule has 0 radical (unpaired) electrons. The lowest BCUT2D eigenvalue weighted by atomic mass is 9.71.